The molecule has 0 saturated heterocycles. The molecule has 1 aromatic carbocycles. The molecule has 0 bridgehead atoms. The molecular formula is C19H28ClF4NOSi. The molecule has 2 nitrogen and oxygen atoms in total. The third-order valence-electron chi connectivity index (χ3n) is 5.89. The highest BCUT2D eigenvalue weighted by atomic mass is 35.5. The van der Waals surface area contributed by atoms with Crippen LogP contribution in [-0.2, 0) is 4.43 Å². The molecular weight excluding hydrogens is 398 g/mol. The van der Waals surface area contributed by atoms with E-state index in [1.54, 1.807) is 6.07 Å². The minimum Gasteiger partial charge on any atom is -0.408 e. The Labute approximate surface area is 164 Å². The number of benzene rings is 1. The molecule has 0 aliphatic heterocycles. The van der Waals surface area contributed by atoms with Crippen molar-refractivity contribution in [1.82, 2.24) is 5.32 Å². The zero-order valence-electron chi connectivity index (χ0n) is 16.1. The van der Waals surface area contributed by atoms with Crippen LogP contribution in [0.15, 0.2) is 18.2 Å². The van der Waals surface area contributed by atoms with Crippen molar-refractivity contribution in [3.63, 3.8) is 0 Å². The van der Waals surface area contributed by atoms with E-state index < -0.39 is 31.8 Å². The summed E-state index contributed by atoms with van der Waals surface area (Å²) in [6, 6.07) is 6.97. The monoisotopic (exact) mass is 425 g/mol. The summed E-state index contributed by atoms with van der Waals surface area (Å²) in [5.74, 6) is -0.488. The van der Waals surface area contributed by atoms with Gasteiger partial charge in [0.15, 0.2) is 8.32 Å². The highest BCUT2D eigenvalue weighted by Crippen LogP contribution is 2.57. The molecule has 1 unspecified atom stereocenters. The van der Waals surface area contributed by atoms with E-state index in [-0.39, 0.29) is 36.5 Å². The highest BCUT2D eigenvalue weighted by molar-refractivity contribution is 6.73. The standard InChI is InChI=1S/C19H28ClF4NOSi/c1-4-27(5-2,6-3)26-16(17-14(20)8-7-9-15(17)21)12-25-13-18(10-11-18)19(22,23)24/h7-9,16,25H,4-6,10-13H2,1-3H3. The van der Waals surface area contributed by atoms with Crippen molar-refractivity contribution in [1.29, 1.82) is 0 Å². The van der Waals surface area contributed by atoms with Gasteiger partial charge in [0.1, 0.15) is 5.82 Å². The molecule has 154 valence electrons. The minimum atomic E-state index is -4.22. The van der Waals surface area contributed by atoms with Crippen LogP contribution in [0.3, 0.4) is 0 Å². The largest absolute Gasteiger partial charge is 0.408 e. The van der Waals surface area contributed by atoms with Gasteiger partial charge in [0.2, 0.25) is 0 Å². The van der Waals surface area contributed by atoms with Gasteiger partial charge in [-0.25, -0.2) is 4.39 Å². The summed E-state index contributed by atoms with van der Waals surface area (Å²) in [5.41, 5.74) is -1.42. The van der Waals surface area contributed by atoms with Crippen molar-refractivity contribution in [2.24, 2.45) is 5.41 Å². The van der Waals surface area contributed by atoms with Gasteiger partial charge >= 0.3 is 6.18 Å². The van der Waals surface area contributed by atoms with Crippen molar-refractivity contribution in [3.05, 3.63) is 34.6 Å². The quantitative estimate of drug-likeness (QED) is 0.342. The Morgan fingerprint density at radius 1 is 1.19 bits per heavy atom. The van der Waals surface area contributed by atoms with E-state index in [0.717, 1.165) is 18.1 Å². The first-order valence-electron chi connectivity index (χ1n) is 9.53. The number of hydrogen-bond acceptors (Lipinski definition) is 2. The maximum absolute atomic E-state index is 14.5. The predicted molar refractivity (Wildman–Crippen MR) is 103 cm³/mol. The number of nitrogens with one attached hydrogen (secondary N) is 1. The predicted octanol–water partition coefficient (Wildman–Crippen LogP) is 6.47. The SMILES string of the molecule is CC[Si](CC)(CC)OC(CNCC1(C(F)(F)F)CC1)c1c(F)cccc1Cl. The fourth-order valence-corrected chi connectivity index (χ4v) is 6.57. The maximum atomic E-state index is 14.5. The molecule has 0 heterocycles. The highest BCUT2D eigenvalue weighted by Gasteiger charge is 2.62. The maximum Gasteiger partial charge on any atom is 0.395 e. The Kier molecular flexibility index (Phi) is 7.38. The summed E-state index contributed by atoms with van der Waals surface area (Å²) < 4.78 is 60.4. The van der Waals surface area contributed by atoms with Crippen molar-refractivity contribution in [3.8, 4) is 0 Å². The van der Waals surface area contributed by atoms with E-state index in [1.165, 1.54) is 12.1 Å². The zero-order valence-corrected chi connectivity index (χ0v) is 17.8. The molecule has 1 N–H and O–H groups in total. The second-order valence-electron chi connectivity index (χ2n) is 7.39. The van der Waals surface area contributed by atoms with Gasteiger partial charge in [0.25, 0.3) is 0 Å². The van der Waals surface area contributed by atoms with Crippen molar-refractivity contribution >= 4 is 19.9 Å². The molecule has 1 saturated carbocycles. The zero-order chi connectivity index (χ0) is 20.3. The lowest BCUT2D eigenvalue weighted by atomic mass is 10.1. The topological polar surface area (TPSA) is 21.3 Å². The van der Waals surface area contributed by atoms with Crippen molar-refractivity contribution in [2.45, 2.75) is 64.0 Å². The summed E-state index contributed by atoms with van der Waals surface area (Å²) in [6.45, 7) is 6.08. The van der Waals surface area contributed by atoms with Crippen LogP contribution in [0, 0.1) is 11.2 Å². The van der Waals surface area contributed by atoms with Crippen LogP contribution in [0.1, 0.15) is 45.3 Å². The first kappa shape index (κ1) is 22.7. The number of halogens is 5. The Morgan fingerprint density at radius 2 is 1.78 bits per heavy atom. The van der Waals surface area contributed by atoms with E-state index in [1.807, 2.05) is 0 Å². The molecule has 2 rings (SSSR count). The van der Waals surface area contributed by atoms with Gasteiger partial charge in [0, 0.05) is 23.7 Å². The Balaban J connectivity index is 2.20. The van der Waals surface area contributed by atoms with E-state index in [2.05, 4.69) is 26.1 Å². The first-order chi connectivity index (χ1) is 12.6. The number of hydrogen-bond donors (Lipinski definition) is 1. The smallest absolute Gasteiger partial charge is 0.395 e. The van der Waals surface area contributed by atoms with Crippen molar-refractivity contribution in [2.75, 3.05) is 13.1 Å². The summed E-state index contributed by atoms with van der Waals surface area (Å²) in [4.78, 5) is 0. The van der Waals surface area contributed by atoms with E-state index in [4.69, 9.17) is 16.0 Å². The van der Waals surface area contributed by atoms with Crippen LogP contribution in [-0.4, -0.2) is 27.6 Å². The van der Waals surface area contributed by atoms with Gasteiger partial charge in [-0.1, -0.05) is 38.4 Å². The second-order valence-corrected chi connectivity index (χ2v) is 12.5. The molecule has 1 aromatic rings. The Hall–Kier alpha value is -0.633. The van der Waals surface area contributed by atoms with Crippen LogP contribution < -0.4 is 5.32 Å². The molecule has 0 radical (unpaired) electrons. The Morgan fingerprint density at radius 3 is 2.22 bits per heavy atom. The van der Waals surface area contributed by atoms with E-state index in [9.17, 15) is 17.6 Å². The summed E-state index contributed by atoms with van der Waals surface area (Å²) >= 11 is 6.22. The fourth-order valence-electron chi connectivity index (χ4n) is 3.48. The van der Waals surface area contributed by atoms with Gasteiger partial charge < -0.3 is 9.74 Å². The molecule has 1 fully saturated rings. The molecule has 0 aromatic heterocycles. The number of rotatable bonds is 10. The fraction of sp³-hybridized carbons (Fsp3) is 0.684. The van der Waals surface area contributed by atoms with Gasteiger partial charge in [0.05, 0.1) is 11.5 Å². The molecule has 0 spiro atoms. The van der Waals surface area contributed by atoms with Crippen LogP contribution in [0.2, 0.25) is 23.2 Å². The Bertz CT molecular complexity index is 604. The average molecular weight is 426 g/mol. The van der Waals surface area contributed by atoms with Crippen LogP contribution >= 0.6 is 11.6 Å². The minimum absolute atomic E-state index is 0.104. The lowest BCUT2D eigenvalue weighted by Crippen LogP contribution is -2.42. The van der Waals surface area contributed by atoms with Gasteiger partial charge in [-0.3, -0.25) is 0 Å². The van der Waals surface area contributed by atoms with Crippen LogP contribution in [0.4, 0.5) is 17.6 Å². The van der Waals surface area contributed by atoms with Gasteiger partial charge in [-0.15, -0.1) is 0 Å². The summed E-state index contributed by atoms with van der Waals surface area (Å²) in [5, 5.41) is 3.14. The number of alkyl halides is 3. The summed E-state index contributed by atoms with van der Waals surface area (Å²) in [6.07, 6.45) is -4.66. The lowest BCUT2D eigenvalue weighted by molar-refractivity contribution is -0.185. The molecule has 1 aliphatic rings. The molecule has 8 heteroatoms. The molecule has 0 amide bonds. The van der Waals surface area contributed by atoms with Crippen LogP contribution in [0.5, 0.6) is 0 Å². The first-order valence-corrected chi connectivity index (χ1v) is 12.4. The second kappa shape index (κ2) is 8.80. The van der Waals surface area contributed by atoms with Gasteiger partial charge in [-0.05, 0) is 43.1 Å². The molecule has 27 heavy (non-hydrogen) atoms. The normalized spacial score (nSPS) is 17.8. The van der Waals surface area contributed by atoms with Crippen LogP contribution in [0.25, 0.3) is 0 Å². The lowest BCUT2D eigenvalue weighted by Gasteiger charge is -2.34. The molecule has 1 aliphatic carbocycles. The average Bonchev–Trinajstić information content (AvgIpc) is 3.40. The van der Waals surface area contributed by atoms with Crippen molar-refractivity contribution < 1.29 is 22.0 Å². The van der Waals surface area contributed by atoms with E-state index in [0.29, 0.717) is 0 Å². The summed E-state index contributed by atoms with van der Waals surface area (Å²) in [7, 11) is -2.11. The van der Waals surface area contributed by atoms with E-state index >= 15 is 0 Å². The third kappa shape index (κ3) is 5.05. The third-order valence-corrected chi connectivity index (χ3v) is 10.9. The molecule has 1 atom stereocenters. The van der Waals surface area contributed by atoms with Gasteiger partial charge in [-0.2, -0.15) is 13.2 Å².